The smallest absolute Gasteiger partial charge is 0.256 e. The molecule has 0 aromatic carbocycles. The average Bonchev–Trinajstić information content (AvgIpc) is 3.15. The minimum atomic E-state index is -0.173. The summed E-state index contributed by atoms with van der Waals surface area (Å²) in [5.74, 6) is 0.667. The summed E-state index contributed by atoms with van der Waals surface area (Å²) in [7, 11) is 0. The van der Waals surface area contributed by atoms with Crippen LogP contribution in [-0.4, -0.2) is 46.5 Å². The lowest BCUT2D eigenvalue weighted by Crippen LogP contribution is -2.40. The van der Waals surface area contributed by atoms with Crippen molar-refractivity contribution in [1.29, 1.82) is 0 Å². The molecule has 1 atom stereocenters. The van der Waals surface area contributed by atoms with Gasteiger partial charge in [0.05, 0.1) is 6.20 Å². The normalized spacial score (nSPS) is 15.9. The van der Waals surface area contributed by atoms with Gasteiger partial charge < -0.3 is 10.1 Å². The van der Waals surface area contributed by atoms with Crippen molar-refractivity contribution in [2.45, 2.75) is 25.8 Å². The number of nitrogens with one attached hydrogen (secondary N) is 1. The topological polar surface area (TPSA) is 67.3 Å². The van der Waals surface area contributed by atoms with E-state index in [1.807, 2.05) is 0 Å². The third-order valence-electron chi connectivity index (χ3n) is 4.19. The molecule has 3 heterocycles. The van der Waals surface area contributed by atoms with Gasteiger partial charge in [0.2, 0.25) is 5.88 Å². The van der Waals surface area contributed by atoms with Crippen LogP contribution in [0, 0.1) is 0 Å². The first-order valence-electron chi connectivity index (χ1n) is 8.29. The van der Waals surface area contributed by atoms with Crippen LogP contribution < -0.4 is 10.1 Å². The van der Waals surface area contributed by atoms with Crippen molar-refractivity contribution in [2.24, 2.45) is 0 Å². The van der Waals surface area contributed by atoms with Gasteiger partial charge in [-0.3, -0.25) is 14.7 Å². The van der Waals surface area contributed by atoms with Crippen molar-refractivity contribution in [3.8, 4) is 11.6 Å². The SMILES string of the molecule is CC(CNC(=O)c1cccnc1Oc1cccnc1)N1CCCC1. The van der Waals surface area contributed by atoms with Gasteiger partial charge in [-0.15, -0.1) is 0 Å². The molecule has 2 aromatic rings. The second-order valence-electron chi connectivity index (χ2n) is 5.95. The fourth-order valence-corrected chi connectivity index (χ4v) is 2.81. The predicted octanol–water partition coefficient (Wildman–Crippen LogP) is 2.48. The molecule has 1 fully saturated rings. The van der Waals surface area contributed by atoms with E-state index < -0.39 is 0 Å². The molecule has 0 spiro atoms. The van der Waals surface area contributed by atoms with E-state index in [9.17, 15) is 4.79 Å². The van der Waals surface area contributed by atoms with Gasteiger partial charge >= 0.3 is 0 Å². The molecule has 6 heteroatoms. The number of carbonyl (C=O) groups is 1. The molecule has 0 aliphatic carbocycles. The van der Waals surface area contributed by atoms with Crippen molar-refractivity contribution >= 4 is 5.91 Å². The van der Waals surface area contributed by atoms with Gasteiger partial charge in [0.1, 0.15) is 11.3 Å². The van der Waals surface area contributed by atoms with Crippen molar-refractivity contribution in [2.75, 3.05) is 19.6 Å². The highest BCUT2D eigenvalue weighted by Crippen LogP contribution is 2.21. The fraction of sp³-hybridized carbons (Fsp3) is 0.389. The molecule has 24 heavy (non-hydrogen) atoms. The Labute approximate surface area is 141 Å². The molecular weight excluding hydrogens is 304 g/mol. The van der Waals surface area contributed by atoms with Crippen LogP contribution in [0.2, 0.25) is 0 Å². The number of amides is 1. The summed E-state index contributed by atoms with van der Waals surface area (Å²) in [6.45, 7) is 4.97. The number of rotatable bonds is 6. The van der Waals surface area contributed by atoms with Crippen molar-refractivity contribution in [3.05, 3.63) is 48.4 Å². The Hall–Kier alpha value is -2.47. The number of carbonyl (C=O) groups excluding carboxylic acids is 1. The molecule has 1 amide bonds. The second kappa shape index (κ2) is 7.88. The van der Waals surface area contributed by atoms with Crippen LogP contribution in [0.5, 0.6) is 11.6 Å². The minimum absolute atomic E-state index is 0.173. The Bertz CT molecular complexity index is 672. The van der Waals surface area contributed by atoms with Gasteiger partial charge in [0.15, 0.2) is 0 Å². The van der Waals surface area contributed by atoms with E-state index in [2.05, 4.69) is 27.1 Å². The second-order valence-corrected chi connectivity index (χ2v) is 5.95. The highest BCUT2D eigenvalue weighted by atomic mass is 16.5. The maximum Gasteiger partial charge on any atom is 0.256 e. The van der Waals surface area contributed by atoms with E-state index in [-0.39, 0.29) is 11.8 Å². The first-order chi connectivity index (χ1) is 11.7. The van der Waals surface area contributed by atoms with Crippen LogP contribution >= 0.6 is 0 Å². The van der Waals surface area contributed by atoms with E-state index in [0.29, 0.717) is 23.9 Å². The predicted molar refractivity (Wildman–Crippen MR) is 91.2 cm³/mol. The maximum absolute atomic E-state index is 12.5. The van der Waals surface area contributed by atoms with Crippen LogP contribution in [0.25, 0.3) is 0 Å². The number of aromatic nitrogens is 2. The van der Waals surface area contributed by atoms with Crippen LogP contribution in [0.1, 0.15) is 30.1 Å². The Morgan fingerprint density at radius 3 is 2.83 bits per heavy atom. The molecule has 6 nitrogen and oxygen atoms in total. The molecular formula is C18H22N4O2. The molecule has 0 bridgehead atoms. The molecule has 1 aliphatic rings. The number of nitrogens with zero attached hydrogens (tertiary/aromatic N) is 3. The van der Waals surface area contributed by atoms with Crippen LogP contribution in [-0.2, 0) is 0 Å². The molecule has 0 saturated carbocycles. The molecule has 1 aliphatic heterocycles. The molecule has 126 valence electrons. The van der Waals surface area contributed by atoms with E-state index in [4.69, 9.17) is 4.74 Å². The highest BCUT2D eigenvalue weighted by Gasteiger charge is 2.20. The Balaban J connectivity index is 1.64. The Morgan fingerprint density at radius 2 is 2.08 bits per heavy atom. The van der Waals surface area contributed by atoms with Gasteiger partial charge in [0.25, 0.3) is 5.91 Å². The number of pyridine rings is 2. The first-order valence-corrected chi connectivity index (χ1v) is 8.29. The lowest BCUT2D eigenvalue weighted by atomic mass is 10.2. The Kier molecular flexibility index (Phi) is 5.38. The van der Waals surface area contributed by atoms with E-state index in [1.165, 1.54) is 12.8 Å². The molecule has 0 radical (unpaired) electrons. The van der Waals surface area contributed by atoms with Crippen molar-refractivity contribution < 1.29 is 9.53 Å². The van der Waals surface area contributed by atoms with Gasteiger partial charge in [-0.05, 0) is 57.1 Å². The van der Waals surface area contributed by atoms with Crippen LogP contribution in [0.15, 0.2) is 42.9 Å². The lowest BCUT2D eigenvalue weighted by Gasteiger charge is -2.23. The molecule has 1 N–H and O–H groups in total. The Morgan fingerprint density at radius 1 is 1.29 bits per heavy atom. The zero-order valence-electron chi connectivity index (χ0n) is 13.8. The average molecular weight is 326 g/mol. The maximum atomic E-state index is 12.5. The van der Waals surface area contributed by atoms with Gasteiger partial charge in [0, 0.05) is 25.0 Å². The summed E-state index contributed by atoms with van der Waals surface area (Å²) < 4.78 is 5.69. The quantitative estimate of drug-likeness (QED) is 0.883. The van der Waals surface area contributed by atoms with E-state index in [0.717, 1.165) is 13.1 Å². The molecule has 2 aromatic heterocycles. The molecule has 3 rings (SSSR count). The van der Waals surface area contributed by atoms with Crippen molar-refractivity contribution in [3.63, 3.8) is 0 Å². The summed E-state index contributed by atoms with van der Waals surface area (Å²) in [6, 6.07) is 7.33. The number of likely N-dealkylation sites (tertiary alicyclic amines) is 1. The summed E-state index contributed by atoms with van der Waals surface area (Å²) in [5, 5.41) is 2.99. The van der Waals surface area contributed by atoms with Gasteiger partial charge in [-0.1, -0.05) is 0 Å². The number of hydrogen-bond acceptors (Lipinski definition) is 5. The minimum Gasteiger partial charge on any atom is -0.437 e. The third kappa shape index (κ3) is 4.08. The van der Waals surface area contributed by atoms with E-state index in [1.54, 1.807) is 42.9 Å². The zero-order valence-corrected chi connectivity index (χ0v) is 13.8. The van der Waals surface area contributed by atoms with Crippen molar-refractivity contribution in [1.82, 2.24) is 20.2 Å². The first kappa shape index (κ1) is 16.4. The van der Waals surface area contributed by atoms with Gasteiger partial charge in [-0.2, -0.15) is 0 Å². The fourth-order valence-electron chi connectivity index (χ4n) is 2.81. The zero-order chi connectivity index (χ0) is 16.8. The largest absolute Gasteiger partial charge is 0.437 e. The standard InChI is InChI=1S/C18H22N4O2/c1-14(22-10-2-3-11-22)12-21-17(23)16-7-5-9-20-18(16)24-15-6-4-8-19-13-15/h4-9,13-14H,2-3,10-12H2,1H3,(H,21,23). The van der Waals surface area contributed by atoms with E-state index >= 15 is 0 Å². The molecule has 1 saturated heterocycles. The summed E-state index contributed by atoms with van der Waals surface area (Å²) in [4.78, 5) is 23.1. The summed E-state index contributed by atoms with van der Waals surface area (Å²) in [5.41, 5.74) is 0.426. The summed E-state index contributed by atoms with van der Waals surface area (Å²) in [6.07, 6.45) is 7.34. The number of hydrogen-bond donors (Lipinski definition) is 1. The monoisotopic (exact) mass is 326 g/mol. The van der Waals surface area contributed by atoms with Gasteiger partial charge in [-0.25, -0.2) is 4.98 Å². The summed E-state index contributed by atoms with van der Waals surface area (Å²) >= 11 is 0. The third-order valence-corrected chi connectivity index (χ3v) is 4.19. The highest BCUT2D eigenvalue weighted by molar-refractivity contribution is 5.96. The van der Waals surface area contributed by atoms with Crippen LogP contribution in [0.3, 0.4) is 0 Å². The lowest BCUT2D eigenvalue weighted by molar-refractivity contribution is 0.0937. The van der Waals surface area contributed by atoms with Crippen LogP contribution in [0.4, 0.5) is 0 Å². The molecule has 1 unspecified atom stereocenters. The number of ether oxygens (including phenoxy) is 1.